The minimum absolute atomic E-state index is 0.147. The fourth-order valence-corrected chi connectivity index (χ4v) is 2.42. The first-order chi connectivity index (χ1) is 10.3. The van der Waals surface area contributed by atoms with E-state index in [1.54, 1.807) is 0 Å². The topological polar surface area (TPSA) is 108 Å². The molecule has 0 saturated heterocycles. The lowest BCUT2D eigenvalue weighted by Crippen LogP contribution is -2.19. The lowest BCUT2D eigenvalue weighted by Gasteiger charge is -2.07. The molecule has 0 fully saturated rings. The maximum Gasteiger partial charge on any atom is 0.261 e. The molecule has 1 aromatic heterocycles. The molecule has 4 N–H and O–H groups in total. The fraction of sp³-hybridized carbons (Fsp3) is 0.0833. The summed E-state index contributed by atoms with van der Waals surface area (Å²) in [5.74, 6) is -3.77. The van der Waals surface area contributed by atoms with Gasteiger partial charge in [0.25, 0.3) is 11.8 Å². The predicted octanol–water partition coefficient (Wildman–Crippen LogP) is 1.85. The molecule has 0 unspecified atom stereocenters. The van der Waals surface area contributed by atoms with Crippen LogP contribution in [0, 0.1) is 11.6 Å². The van der Waals surface area contributed by atoms with Crippen LogP contribution >= 0.6 is 23.1 Å². The highest BCUT2D eigenvalue weighted by Gasteiger charge is 2.24. The molecular formula is C12H8ClF2N3O3S. The molecule has 116 valence electrons. The van der Waals surface area contributed by atoms with Gasteiger partial charge in [-0.1, -0.05) is 11.6 Å². The second-order valence-electron chi connectivity index (χ2n) is 4.07. The molecule has 0 spiro atoms. The number of hydrogen-bond acceptors (Lipinski definition) is 5. The van der Waals surface area contributed by atoms with Crippen LogP contribution in [0.15, 0.2) is 12.1 Å². The van der Waals surface area contributed by atoms with Crippen molar-refractivity contribution in [2.45, 2.75) is 6.61 Å². The van der Waals surface area contributed by atoms with Gasteiger partial charge in [-0.2, -0.15) is 4.37 Å². The van der Waals surface area contributed by atoms with E-state index in [-0.39, 0.29) is 26.9 Å². The summed E-state index contributed by atoms with van der Waals surface area (Å²) < 4.78 is 35.8. The Morgan fingerprint density at radius 2 is 1.91 bits per heavy atom. The van der Waals surface area contributed by atoms with Gasteiger partial charge in [0, 0.05) is 5.56 Å². The Morgan fingerprint density at radius 1 is 1.23 bits per heavy atom. The van der Waals surface area contributed by atoms with E-state index in [0.29, 0.717) is 11.5 Å². The highest BCUT2D eigenvalue weighted by molar-refractivity contribution is 7.08. The quantitative estimate of drug-likeness (QED) is 0.804. The SMILES string of the molecule is NC(=O)c1snc(OCc2cc(F)c(Cl)cc2F)c1C(N)=O. The summed E-state index contributed by atoms with van der Waals surface area (Å²) in [6, 6.07) is 1.64. The summed E-state index contributed by atoms with van der Waals surface area (Å²) >= 11 is 6.05. The number of carbonyl (C=O) groups is 2. The van der Waals surface area contributed by atoms with Crippen molar-refractivity contribution >= 4 is 34.9 Å². The molecule has 1 aromatic carbocycles. The van der Waals surface area contributed by atoms with E-state index in [4.69, 9.17) is 27.8 Å². The highest BCUT2D eigenvalue weighted by atomic mass is 35.5. The van der Waals surface area contributed by atoms with Crippen molar-refractivity contribution in [3.05, 3.63) is 44.8 Å². The second kappa shape index (κ2) is 6.24. The molecule has 0 aliphatic rings. The molecule has 0 saturated carbocycles. The Balaban J connectivity index is 2.28. The molecule has 0 radical (unpaired) electrons. The third-order valence-corrected chi connectivity index (χ3v) is 3.72. The predicted molar refractivity (Wildman–Crippen MR) is 74.8 cm³/mol. The van der Waals surface area contributed by atoms with Crippen LogP contribution in [0.1, 0.15) is 25.6 Å². The lowest BCUT2D eigenvalue weighted by atomic mass is 10.2. The molecule has 6 nitrogen and oxygen atoms in total. The van der Waals surface area contributed by atoms with Gasteiger partial charge in [-0.05, 0) is 23.7 Å². The van der Waals surface area contributed by atoms with E-state index in [1.807, 2.05) is 0 Å². The Morgan fingerprint density at radius 3 is 2.50 bits per heavy atom. The standard InChI is InChI=1S/C12H8ClF2N3O3S/c13-5-2-6(14)4(1-7(5)15)3-21-12-8(10(16)19)9(11(17)20)22-18-12/h1-2H,3H2,(H2,16,19)(H2,17,20). The monoisotopic (exact) mass is 347 g/mol. The number of rotatable bonds is 5. The average molecular weight is 348 g/mol. The minimum Gasteiger partial charge on any atom is -0.471 e. The normalized spacial score (nSPS) is 10.5. The molecule has 2 aromatic rings. The Hall–Kier alpha value is -2.26. The summed E-state index contributed by atoms with van der Waals surface area (Å²) in [7, 11) is 0. The fourth-order valence-electron chi connectivity index (χ4n) is 1.58. The van der Waals surface area contributed by atoms with E-state index in [9.17, 15) is 18.4 Å². The molecule has 2 amide bonds. The van der Waals surface area contributed by atoms with E-state index >= 15 is 0 Å². The Kier molecular flexibility index (Phi) is 4.57. The highest BCUT2D eigenvalue weighted by Crippen LogP contribution is 2.26. The summed E-state index contributed by atoms with van der Waals surface area (Å²) in [6.07, 6.45) is 0. The van der Waals surface area contributed by atoms with Crippen molar-refractivity contribution in [3.8, 4) is 5.88 Å². The number of nitrogens with zero attached hydrogens (tertiary/aromatic N) is 1. The number of benzene rings is 1. The number of carbonyl (C=O) groups excluding carboxylic acids is 2. The van der Waals surface area contributed by atoms with Crippen molar-refractivity contribution in [2.24, 2.45) is 11.5 Å². The number of halogens is 3. The molecule has 0 aliphatic carbocycles. The van der Waals surface area contributed by atoms with Crippen molar-refractivity contribution in [2.75, 3.05) is 0 Å². The third-order valence-electron chi connectivity index (χ3n) is 2.58. The van der Waals surface area contributed by atoms with E-state index < -0.39 is 30.1 Å². The first kappa shape index (κ1) is 16.1. The summed E-state index contributed by atoms with van der Waals surface area (Å²) in [6.45, 7) is -0.442. The maximum absolute atomic E-state index is 13.6. The van der Waals surface area contributed by atoms with Gasteiger partial charge in [0.2, 0.25) is 5.88 Å². The number of aromatic nitrogens is 1. The number of primary amides is 2. The van der Waals surface area contributed by atoms with Crippen LogP contribution in [0.2, 0.25) is 5.02 Å². The number of ether oxygens (including phenoxy) is 1. The van der Waals surface area contributed by atoms with E-state index in [2.05, 4.69) is 4.37 Å². The smallest absolute Gasteiger partial charge is 0.261 e. The molecule has 10 heteroatoms. The van der Waals surface area contributed by atoms with Gasteiger partial charge in [-0.25, -0.2) is 8.78 Å². The van der Waals surface area contributed by atoms with Gasteiger partial charge in [0.05, 0.1) is 5.02 Å². The van der Waals surface area contributed by atoms with E-state index in [1.165, 1.54) is 0 Å². The number of hydrogen-bond donors (Lipinski definition) is 2. The van der Waals surface area contributed by atoms with Crippen molar-refractivity contribution in [1.29, 1.82) is 0 Å². The lowest BCUT2D eigenvalue weighted by molar-refractivity contribution is 0.0966. The minimum atomic E-state index is -0.972. The van der Waals surface area contributed by atoms with Crippen molar-refractivity contribution < 1.29 is 23.1 Å². The molecule has 1 heterocycles. The molecule has 2 rings (SSSR count). The van der Waals surface area contributed by atoms with Crippen LogP contribution in [0.25, 0.3) is 0 Å². The average Bonchev–Trinajstić information content (AvgIpc) is 2.85. The van der Waals surface area contributed by atoms with Crippen molar-refractivity contribution in [3.63, 3.8) is 0 Å². The van der Waals surface area contributed by atoms with Gasteiger partial charge in [0.1, 0.15) is 28.7 Å². The van der Waals surface area contributed by atoms with Gasteiger partial charge in [-0.15, -0.1) is 0 Å². The first-order valence-corrected chi connectivity index (χ1v) is 6.82. The zero-order chi connectivity index (χ0) is 16.4. The molecule has 0 bridgehead atoms. The molecule has 22 heavy (non-hydrogen) atoms. The zero-order valence-electron chi connectivity index (χ0n) is 10.7. The second-order valence-corrected chi connectivity index (χ2v) is 5.25. The van der Waals surface area contributed by atoms with Crippen LogP contribution in [0.3, 0.4) is 0 Å². The number of nitrogens with two attached hydrogens (primary N) is 2. The van der Waals surface area contributed by atoms with Gasteiger partial charge >= 0.3 is 0 Å². The van der Waals surface area contributed by atoms with E-state index in [0.717, 1.165) is 12.1 Å². The van der Waals surface area contributed by atoms with Gasteiger partial charge in [0.15, 0.2) is 0 Å². The summed E-state index contributed by atoms with van der Waals surface area (Å²) in [5, 5.41) is -0.372. The maximum atomic E-state index is 13.6. The van der Waals surface area contributed by atoms with Gasteiger partial charge in [-0.3, -0.25) is 9.59 Å². The third kappa shape index (κ3) is 3.15. The largest absolute Gasteiger partial charge is 0.471 e. The summed E-state index contributed by atoms with van der Waals surface area (Å²) in [4.78, 5) is 22.3. The van der Waals surface area contributed by atoms with Crippen LogP contribution < -0.4 is 16.2 Å². The Labute approximate surface area is 131 Å². The summed E-state index contributed by atoms with van der Waals surface area (Å²) in [5.41, 5.74) is 9.76. The van der Waals surface area contributed by atoms with Crippen LogP contribution in [-0.2, 0) is 6.61 Å². The van der Waals surface area contributed by atoms with Crippen LogP contribution in [-0.4, -0.2) is 16.2 Å². The zero-order valence-corrected chi connectivity index (χ0v) is 12.3. The number of amides is 2. The van der Waals surface area contributed by atoms with Crippen molar-refractivity contribution in [1.82, 2.24) is 4.37 Å². The van der Waals surface area contributed by atoms with Crippen LogP contribution in [0.5, 0.6) is 5.88 Å². The van der Waals surface area contributed by atoms with Crippen LogP contribution in [0.4, 0.5) is 8.78 Å². The Bertz CT molecular complexity index is 766. The van der Waals surface area contributed by atoms with Gasteiger partial charge < -0.3 is 16.2 Å². The molecule has 0 atom stereocenters. The first-order valence-electron chi connectivity index (χ1n) is 5.66. The molecular weight excluding hydrogens is 340 g/mol. The molecule has 0 aliphatic heterocycles.